The van der Waals surface area contributed by atoms with Gasteiger partial charge in [-0.2, -0.15) is 0 Å². The summed E-state index contributed by atoms with van der Waals surface area (Å²) in [6.07, 6.45) is 0.887. The zero-order valence-corrected chi connectivity index (χ0v) is 13.8. The van der Waals surface area contributed by atoms with Crippen LogP contribution in [0.2, 0.25) is 0 Å². The average Bonchev–Trinajstić information content (AvgIpc) is 2.67. The number of benzene rings is 3. The average molecular weight is 332 g/mol. The van der Waals surface area contributed by atoms with Gasteiger partial charge in [0.15, 0.2) is 0 Å². The van der Waals surface area contributed by atoms with Crippen LogP contribution in [0.15, 0.2) is 84.9 Å². The molecule has 126 valence electrons. The first-order valence-corrected chi connectivity index (χ1v) is 8.28. The number of hydrogen-bond donors (Lipinski definition) is 1. The highest BCUT2D eigenvalue weighted by Crippen LogP contribution is 2.19. The minimum atomic E-state index is -0.376. The van der Waals surface area contributed by atoms with Gasteiger partial charge in [0.25, 0.3) is 5.69 Å². The van der Waals surface area contributed by atoms with Crippen molar-refractivity contribution in [3.63, 3.8) is 0 Å². The van der Waals surface area contributed by atoms with Crippen molar-refractivity contribution in [1.82, 2.24) is 5.32 Å². The molecule has 3 aromatic rings. The van der Waals surface area contributed by atoms with Crippen molar-refractivity contribution in [2.24, 2.45) is 0 Å². The van der Waals surface area contributed by atoms with E-state index >= 15 is 0 Å². The maximum atomic E-state index is 10.8. The zero-order chi connectivity index (χ0) is 17.5. The number of nitro groups is 1. The Morgan fingerprint density at radius 2 is 1.40 bits per heavy atom. The number of rotatable bonds is 7. The third-order valence-electron chi connectivity index (χ3n) is 4.18. The molecule has 3 aromatic carbocycles. The van der Waals surface area contributed by atoms with Gasteiger partial charge in [-0.25, -0.2) is 0 Å². The van der Waals surface area contributed by atoms with Gasteiger partial charge in [-0.05, 0) is 23.1 Å². The molecule has 0 saturated heterocycles. The van der Waals surface area contributed by atoms with E-state index in [2.05, 4.69) is 29.6 Å². The van der Waals surface area contributed by atoms with Crippen LogP contribution in [-0.4, -0.2) is 4.92 Å². The van der Waals surface area contributed by atoms with E-state index < -0.39 is 0 Å². The standard InChI is InChI=1S/C21H20N2O2/c24-23(25)20-13-11-18(12-14-20)16-22-21(19-9-5-2-6-10-19)15-17-7-3-1-4-8-17/h1-14,21-22H,15-16H2/t21-/m0/s1. The predicted octanol–water partition coefficient (Wildman–Crippen LogP) is 4.67. The summed E-state index contributed by atoms with van der Waals surface area (Å²) >= 11 is 0. The smallest absolute Gasteiger partial charge is 0.269 e. The number of non-ortho nitro benzene ring substituents is 1. The van der Waals surface area contributed by atoms with Crippen molar-refractivity contribution in [2.45, 2.75) is 19.0 Å². The SMILES string of the molecule is O=[N+]([O-])c1ccc(CN[C@@H](Cc2ccccc2)c2ccccc2)cc1. The fourth-order valence-corrected chi connectivity index (χ4v) is 2.82. The third kappa shape index (κ3) is 4.75. The summed E-state index contributed by atoms with van der Waals surface area (Å²) < 4.78 is 0. The first-order valence-electron chi connectivity index (χ1n) is 8.28. The highest BCUT2D eigenvalue weighted by Gasteiger charge is 2.12. The van der Waals surface area contributed by atoms with Crippen LogP contribution in [0.5, 0.6) is 0 Å². The molecule has 0 saturated carbocycles. The minimum absolute atomic E-state index is 0.118. The fraction of sp³-hybridized carbons (Fsp3) is 0.143. The van der Waals surface area contributed by atoms with Crippen molar-refractivity contribution in [2.75, 3.05) is 0 Å². The van der Waals surface area contributed by atoms with Crippen LogP contribution < -0.4 is 5.32 Å². The van der Waals surface area contributed by atoms with Gasteiger partial charge >= 0.3 is 0 Å². The molecule has 0 fully saturated rings. The van der Waals surface area contributed by atoms with E-state index in [1.165, 1.54) is 11.1 Å². The lowest BCUT2D eigenvalue weighted by Crippen LogP contribution is -2.23. The molecule has 0 unspecified atom stereocenters. The summed E-state index contributed by atoms with van der Waals surface area (Å²) in [5, 5.41) is 14.3. The highest BCUT2D eigenvalue weighted by atomic mass is 16.6. The number of nitro benzene ring substituents is 1. The molecule has 4 nitrogen and oxygen atoms in total. The summed E-state index contributed by atoms with van der Waals surface area (Å²) in [4.78, 5) is 10.4. The minimum Gasteiger partial charge on any atom is -0.306 e. The summed E-state index contributed by atoms with van der Waals surface area (Å²) in [7, 11) is 0. The molecule has 3 rings (SSSR count). The quantitative estimate of drug-likeness (QED) is 0.505. The van der Waals surface area contributed by atoms with Gasteiger partial charge in [-0.15, -0.1) is 0 Å². The third-order valence-corrected chi connectivity index (χ3v) is 4.18. The van der Waals surface area contributed by atoms with Crippen molar-refractivity contribution in [1.29, 1.82) is 0 Å². The molecule has 1 N–H and O–H groups in total. The van der Waals surface area contributed by atoms with Crippen molar-refractivity contribution in [3.8, 4) is 0 Å². The Balaban J connectivity index is 1.72. The van der Waals surface area contributed by atoms with E-state index in [1.54, 1.807) is 24.3 Å². The molecule has 0 bridgehead atoms. The molecule has 0 aliphatic heterocycles. The Morgan fingerprint density at radius 3 is 2.00 bits per heavy atom. The molecule has 0 aromatic heterocycles. The largest absolute Gasteiger partial charge is 0.306 e. The highest BCUT2D eigenvalue weighted by molar-refractivity contribution is 5.33. The zero-order valence-electron chi connectivity index (χ0n) is 13.8. The topological polar surface area (TPSA) is 55.2 Å². The van der Waals surface area contributed by atoms with E-state index in [-0.39, 0.29) is 16.7 Å². The second-order valence-corrected chi connectivity index (χ2v) is 5.96. The molecule has 0 aliphatic rings. The lowest BCUT2D eigenvalue weighted by Gasteiger charge is -2.19. The Kier molecular flexibility index (Phi) is 5.54. The van der Waals surface area contributed by atoms with Crippen LogP contribution in [0, 0.1) is 10.1 Å². The molecular weight excluding hydrogens is 312 g/mol. The first kappa shape index (κ1) is 16.9. The van der Waals surface area contributed by atoms with Gasteiger partial charge < -0.3 is 5.32 Å². The van der Waals surface area contributed by atoms with Crippen molar-refractivity contribution in [3.05, 3.63) is 112 Å². The molecular formula is C21H20N2O2. The Labute approximate surface area is 147 Å². The lowest BCUT2D eigenvalue weighted by atomic mass is 9.98. The van der Waals surface area contributed by atoms with Gasteiger partial charge in [0.05, 0.1) is 4.92 Å². The van der Waals surface area contributed by atoms with Crippen molar-refractivity contribution < 1.29 is 4.92 Å². The maximum Gasteiger partial charge on any atom is 0.269 e. The van der Waals surface area contributed by atoms with Crippen LogP contribution in [0.1, 0.15) is 22.7 Å². The molecule has 0 aliphatic carbocycles. The number of nitrogens with one attached hydrogen (secondary N) is 1. The Hall–Kier alpha value is -2.98. The summed E-state index contributed by atoms with van der Waals surface area (Å²) in [5.41, 5.74) is 3.65. The normalized spacial score (nSPS) is 11.8. The second kappa shape index (κ2) is 8.22. The van der Waals surface area contributed by atoms with Gasteiger partial charge in [0, 0.05) is 24.7 Å². The first-order chi connectivity index (χ1) is 12.2. The molecule has 1 atom stereocenters. The van der Waals surface area contributed by atoms with E-state index in [1.807, 2.05) is 36.4 Å². The molecule has 0 heterocycles. The van der Waals surface area contributed by atoms with Crippen LogP contribution in [-0.2, 0) is 13.0 Å². The Morgan fingerprint density at radius 1 is 0.800 bits per heavy atom. The van der Waals surface area contributed by atoms with E-state index in [0.29, 0.717) is 6.54 Å². The van der Waals surface area contributed by atoms with Gasteiger partial charge in [-0.3, -0.25) is 10.1 Å². The van der Waals surface area contributed by atoms with Crippen LogP contribution >= 0.6 is 0 Å². The maximum absolute atomic E-state index is 10.8. The second-order valence-electron chi connectivity index (χ2n) is 5.96. The number of hydrogen-bond acceptors (Lipinski definition) is 3. The monoisotopic (exact) mass is 332 g/mol. The van der Waals surface area contributed by atoms with E-state index in [4.69, 9.17) is 0 Å². The molecule has 0 radical (unpaired) electrons. The van der Waals surface area contributed by atoms with E-state index in [0.717, 1.165) is 12.0 Å². The Bertz CT molecular complexity index is 802. The fourth-order valence-electron chi connectivity index (χ4n) is 2.82. The summed E-state index contributed by atoms with van der Waals surface area (Å²) in [6, 6.07) is 27.6. The van der Waals surface area contributed by atoms with E-state index in [9.17, 15) is 10.1 Å². The van der Waals surface area contributed by atoms with Crippen molar-refractivity contribution >= 4 is 5.69 Å². The van der Waals surface area contributed by atoms with Crippen LogP contribution in [0.25, 0.3) is 0 Å². The summed E-state index contributed by atoms with van der Waals surface area (Å²) in [5.74, 6) is 0. The van der Waals surface area contributed by atoms with Crippen LogP contribution in [0.4, 0.5) is 5.69 Å². The van der Waals surface area contributed by atoms with Gasteiger partial charge in [0.1, 0.15) is 0 Å². The molecule has 0 amide bonds. The predicted molar refractivity (Wildman–Crippen MR) is 99.3 cm³/mol. The van der Waals surface area contributed by atoms with Crippen LogP contribution in [0.3, 0.4) is 0 Å². The molecule has 4 heteroatoms. The molecule has 25 heavy (non-hydrogen) atoms. The lowest BCUT2D eigenvalue weighted by molar-refractivity contribution is -0.384. The van der Waals surface area contributed by atoms with Gasteiger partial charge in [-0.1, -0.05) is 72.8 Å². The van der Waals surface area contributed by atoms with Gasteiger partial charge in [0.2, 0.25) is 0 Å². The summed E-state index contributed by atoms with van der Waals surface area (Å²) in [6.45, 7) is 0.657. The number of nitrogens with zero attached hydrogens (tertiary/aromatic N) is 1. The molecule has 0 spiro atoms.